The number of Topliss-reactive ketones (excluding diaryl/α,β-unsaturated/α-hetero) is 1. The van der Waals surface area contributed by atoms with Crippen molar-refractivity contribution >= 4 is 5.78 Å². The summed E-state index contributed by atoms with van der Waals surface area (Å²) in [5.74, 6) is 0.0646. The zero-order valence-corrected chi connectivity index (χ0v) is 9.64. The number of ketones is 1. The van der Waals surface area contributed by atoms with Crippen LogP contribution in [0.2, 0.25) is 0 Å². The molecule has 3 nitrogen and oxygen atoms in total. The van der Waals surface area contributed by atoms with E-state index in [1.165, 1.54) is 0 Å². The average Bonchev–Trinajstić information content (AvgIpc) is 2.18. The van der Waals surface area contributed by atoms with Crippen molar-refractivity contribution in [3.05, 3.63) is 39.4 Å². The molecule has 0 aliphatic heterocycles. The third-order valence-electron chi connectivity index (χ3n) is 2.90. The predicted octanol–water partition coefficient (Wildman–Crippen LogP) is 1.42. The molecule has 0 saturated carbocycles. The highest BCUT2D eigenvalue weighted by Crippen LogP contribution is 2.21. The highest BCUT2D eigenvalue weighted by atomic mass is 16.1. The molecular weight excluding hydrogens is 188 g/mol. The minimum atomic E-state index is 0.0646. The van der Waals surface area contributed by atoms with Crippen LogP contribution in [-0.4, -0.2) is 5.78 Å². The van der Waals surface area contributed by atoms with Crippen LogP contribution in [-0.2, 0) is 6.54 Å². The molecule has 0 amide bonds. The number of carbonyl (C=O) groups is 1. The maximum Gasteiger partial charge on any atom is 0.160 e. The molecule has 0 aliphatic carbocycles. The van der Waals surface area contributed by atoms with Crippen molar-refractivity contribution in [3.8, 4) is 0 Å². The summed E-state index contributed by atoms with van der Waals surface area (Å²) in [4.78, 5) is 11.4. The molecule has 1 aromatic carbocycles. The number of benzene rings is 1. The zero-order valence-electron chi connectivity index (χ0n) is 9.64. The molecule has 0 spiro atoms. The van der Waals surface area contributed by atoms with Gasteiger partial charge in [-0.2, -0.15) is 0 Å². The third kappa shape index (κ3) is 2.12. The van der Waals surface area contributed by atoms with E-state index in [0.29, 0.717) is 6.54 Å². The fourth-order valence-corrected chi connectivity index (χ4v) is 1.82. The number of hydrogen-bond acceptors (Lipinski definition) is 1. The molecule has 3 heteroatoms. The molecule has 1 N–H and O–H groups in total. The second kappa shape index (κ2) is 4.34. The van der Waals surface area contributed by atoms with Gasteiger partial charge in [-0.25, -0.2) is 0 Å². The average molecular weight is 204 g/mol. The molecule has 0 fully saturated rings. The van der Waals surface area contributed by atoms with Crippen molar-refractivity contribution in [2.45, 2.75) is 34.2 Å². The summed E-state index contributed by atoms with van der Waals surface area (Å²) in [6.45, 7) is 7.82. The Morgan fingerprint density at radius 3 is 2.40 bits per heavy atom. The van der Waals surface area contributed by atoms with Crippen LogP contribution in [0.1, 0.15) is 39.5 Å². The molecule has 0 radical (unpaired) electrons. The Morgan fingerprint density at radius 2 is 1.93 bits per heavy atom. The summed E-state index contributed by atoms with van der Waals surface area (Å²) in [5, 5.41) is 2.15. The van der Waals surface area contributed by atoms with Gasteiger partial charge in [-0.05, 0) is 50.5 Å². The zero-order chi connectivity index (χ0) is 11.6. The fourth-order valence-electron chi connectivity index (χ4n) is 1.82. The van der Waals surface area contributed by atoms with E-state index in [-0.39, 0.29) is 5.78 Å². The summed E-state index contributed by atoms with van der Waals surface area (Å²) < 4.78 is 0. The van der Waals surface area contributed by atoms with E-state index in [1.807, 2.05) is 26.8 Å². The number of nitrogens with zero attached hydrogens (tertiary/aromatic N) is 1. The van der Waals surface area contributed by atoms with Gasteiger partial charge in [-0.15, -0.1) is 0 Å². The molecular formula is C12H16N2O. The largest absolute Gasteiger partial charge is 0.508 e. The Hall–Kier alpha value is -1.51. The standard InChI is InChI=1S/C12H16N2O/c1-7-5-11(10(4)15)9(3)12(6-14-13)8(7)2/h5,14H,6H2,1-4H3. The van der Waals surface area contributed by atoms with Crippen LogP contribution in [0.3, 0.4) is 0 Å². The van der Waals surface area contributed by atoms with E-state index >= 15 is 0 Å². The lowest BCUT2D eigenvalue weighted by Crippen LogP contribution is -2.61. The first kappa shape index (κ1) is 11.6. The molecule has 0 aromatic heterocycles. The van der Waals surface area contributed by atoms with Crippen LogP contribution in [0.5, 0.6) is 0 Å². The molecule has 0 saturated heterocycles. The van der Waals surface area contributed by atoms with E-state index in [2.05, 4.69) is 5.11 Å². The van der Waals surface area contributed by atoms with Gasteiger partial charge < -0.3 is 10.6 Å². The van der Waals surface area contributed by atoms with Crippen molar-refractivity contribution in [2.24, 2.45) is 0 Å². The number of hydrogen-bond donors (Lipinski definition) is 1. The number of carbonyl (C=O) groups excluding carboxylic acids is 1. The minimum Gasteiger partial charge on any atom is -0.508 e. The van der Waals surface area contributed by atoms with Gasteiger partial charge in [0, 0.05) is 11.1 Å². The number of nitrogens with one attached hydrogen (secondary N) is 1. The van der Waals surface area contributed by atoms with E-state index < -0.39 is 0 Å². The maximum absolute atomic E-state index is 11.4. The normalized spacial score (nSPS) is 10.1. The summed E-state index contributed by atoms with van der Waals surface area (Å²) >= 11 is 0. The molecule has 0 bridgehead atoms. The van der Waals surface area contributed by atoms with E-state index in [0.717, 1.165) is 27.8 Å². The smallest absolute Gasteiger partial charge is 0.160 e. The molecule has 15 heavy (non-hydrogen) atoms. The van der Waals surface area contributed by atoms with Gasteiger partial charge >= 0.3 is 0 Å². The summed E-state index contributed by atoms with van der Waals surface area (Å²) in [5.41, 5.74) is 13.7. The van der Waals surface area contributed by atoms with E-state index in [1.54, 1.807) is 6.92 Å². The van der Waals surface area contributed by atoms with E-state index in [9.17, 15) is 4.79 Å². The van der Waals surface area contributed by atoms with Gasteiger partial charge in [0.15, 0.2) is 12.3 Å². The Morgan fingerprint density at radius 1 is 1.33 bits per heavy atom. The minimum absolute atomic E-state index is 0.0646. The van der Waals surface area contributed by atoms with Gasteiger partial charge in [0.05, 0.1) is 0 Å². The molecule has 0 atom stereocenters. The molecule has 0 unspecified atom stereocenters. The Bertz CT molecular complexity index is 422. The SMILES string of the molecule is CC(=O)c1cc(C)c(C)c(C[NH+]=[N-])c1C. The molecule has 1 rings (SSSR count). The first-order chi connectivity index (χ1) is 6.99. The highest BCUT2D eigenvalue weighted by molar-refractivity contribution is 5.96. The number of aryl methyl sites for hydroxylation is 1. The summed E-state index contributed by atoms with van der Waals surface area (Å²) in [6, 6.07) is 1.91. The first-order valence-corrected chi connectivity index (χ1v) is 4.96. The van der Waals surface area contributed by atoms with Crippen LogP contribution in [0, 0.1) is 20.8 Å². The second-order valence-corrected chi connectivity index (χ2v) is 3.86. The van der Waals surface area contributed by atoms with Gasteiger partial charge in [0.1, 0.15) is 0 Å². The lowest BCUT2D eigenvalue weighted by atomic mass is 9.92. The molecule has 1 aromatic rings. The van der Waals surface area contributed by atoms with Gasteiger partial charge in [-0.3, -0.25) is 4.79 Å². The quantitative estimate of drug-likeness (QED) is 0.587. The Labute approximate surface area is 90.0 Å². The monoisotopic (exact) mass is 204 g/mol. The van der Waals surface area contributed by atoms with Crippen molar-refractivity contribution in [2.75, 3.05) is 0 Å². The van der Waals surface area contributed by atoms with Gasteiger partial charge in [0.25, 0.3) is 0 Å². The van der Waals surface area contributed by atoms with Crippen molar-refractivity contribution < 1.29 is 9.91 Å². The van der Waals surface area contributed by atoms with Crippen molar-refractivity contribution in [3.63, 3.8) is 0 Å². The Balaban J connectivity index is 3.48. The lowest BCUT2D eigenvalue weighted by Gasteiger charge is -2.12. The lowest BCUT2D eigenvalue weighted by molar-refractivity contribution is -0.498. The Kier molecular flexibility index (Phi) is 3.35. The molecule has 0 aliphatic rings. The maximum atomic E-state index is 11.4. The number of rotatable bonds is 3. The van der Waals surface area contributed by atoms with Crippen molar-refractivity contribution in [1.29, 1.82) is 0 Å². The molecule has 0 heterocycles. The second-order valence-electron chi connectivity index (χ2n) is 3.86. The van der Waals surface area contributed by atoms with Gasteiger partial charge in [0.2, 0.25) is 0 Å². The fraction of sp³-hybridized carbons (Fsp3) is 0.417. The first-order valence-electron chi connectivity index (χ1n) is 4.96. The highest BCUT2D eigenvalue weighted by Gasteiger charge is 2.13. The summed E-state index contributed by atoms with van der Waals surface area (Å²) in [7, 11) is 0. The van der Waals surface area contributed by atoms with Crippen LogP contribution >= 0.6 is 0 Å². The topological polar surface area (TPSA) is 53.3 Å². The van der Waals surface area contributed by atoms with Gasteiger partial charge in [-0.1, -0.05) is 0 Å². The van der Waals surface area contributed by atoms with Crippen LogP contribution in [0.4, 0.5) is 0 Å². The van der Waals surface area contributed by atoms with Crippen LogP contribution in [0.25, 0.3) is 5.53 Å². The van der Waals surface area contributed by atoms with E-state index in [4.69, 9.17) is 5.53 Å². The van der Waals surface area contributed by atoms with Crippen molar-refractivity contribution in [1.82, 2.24) is 0 Å². The van der Waals surface area contributed by atoms with Crippen LogP contribution in [0.15, 0.2) is 6.07 Å². The predicted molar refractivity (Wildman–Crippen MR) is 58.7 cm³/mol. The third-order valence-corrected chi connectivity index (χ3v) is 2.90. The van der Waals surface area contributed by atoms with Crippen LogP contribution < -0.4 is 5.11 Å². The molecule has 80 valence electrons. The summed E-state index contributed by atoms with van der Waals surface area (Å²) in [6.07, 6.45) is 0.